The zero-order valence-electron chi connectivity index (χ0n) is 18.6. The van der Waals surface area contributed by atoms with Crippen molar-refractivity contribution in [2.24, 2.45) is 16.8 Å². The number of nitrogens with one attached hydrogen (secondary N) is 2. The highest BCUT2D eigenvalue weighted by Gasteiger charge is 2.29. The van der Waals surface area contributed by atoms with Crippen LogP contribution in [0.15, 0.2) is 35.3 Å². The van der Waals surface area contributed by atoms with Gasteiger partial charge in [-0.2, -0.15) is 0 Å². The van der Waals surface area contributed by atoms with Crippen LogP contribution >= 0.6 is 0 Å². The molecule has 1 aromatic carbocycles. The predicted octanol–water partition coefficient (Wildman–Crippen LogP) is 1.67. The van der Waals surface area contributed by atoms with E-state index in [2.05, 4.69) is 41.6 Å². The number of hydrogen-bond acceptors (Lipinski definition) is 4. The first-order chi connectivity index (χ1) is 14.5. The first kappa shape index (κ1) is 24.2. The van der Waals surface area contributed by atoms with Crippen LogP contribution in [0.5, 0.6) is 0 Å². The lowest BCUT2D eigenvalue weighted by Crippen LogP contribution is -2.41. The second-order valence-electron chi connectivity index (χ2n) is 8.33. The lowest BCUT2D eigenvalue weighted by Gasteiger charge is -2.18. The van der Waals surface area contributed by atoms with Crippen molar-refractivity contribution in [3.8, 4) is 0 Å². The number of guanidine groups is 1. The molecule has 7 nitrogen and oxygen atoms in total. The summed E-state index contributed by atoms with van der Waals surface area (Å²) in [4.78, 5) is 18.8. The minimum Gasteiger partial charge on any atom is -0.389 e. The molecular weight excluding hydrogens is 380 g/mol. The summed E-state index contributed by atoms with van der Waals surface area (Å²) in [6.45, 7) is 10.3. The molecule has 1 heterocycles. The van der Waals surface area contributed by atoms with Crippen LogP contribution in [0.2, 0.25) is 0 Å². The summed E-state index contributed by atoms with van der Waals surface area (Å²) in [6, 6.07) is 10.3. The maximum absolute atomic E-state index is 12.3. The molecule has 7 heteroatoms. The minimum atomic E-state index is -0.624. The van der Waals surface area contributed by atoms with Gasteiger partial charge in [0.1, 0.15) is 0 Å². The second-order valence-corrected chi connectivity index (χ2v) is 8.33. The Labute approximate surface area is 180 Å². The van der Waals surface area contributed by atoms with Gasteiger partial charge >= 0.3 is 0 Å². The number of likely N-dealkylation sites (tertiary alicyclic amines) is 1. The molecule has 2 atom stereocenters. The van der Waals surface area contributed by atoms with Crippen LogP contribution in [0, 0.1) is 11.8 Å². The molecule has 30 heavy (non-hydrogen) atoms. The Kier molecular flexibility index (Phi) is 10.7. The first-order valence-electron chi connectivity index (χ1n) is 11.1. The standard InChI is InChI=1S/C23H38N4O3/c1-4-24-23(26-14-21(28)17-30-16-18(2)3)25-13-20-12-22(29)27(15-20)11-10-19-8-6-5-7-9-19/h5-9,18,20-21,28H,4,10-17H2,1-3H3,(H2,24,25,26). The van der Waals surface area contributed by atoms with Crippen LogP contribution in [-0.4, -0.2) is 73.9 Å². The highest BCUT2D eigenvalue weighted by molar-refractivity contribution is 5.81. The van der Waals surface area contributed by atoms with E-state index in [0.29, 0.717) is 31.4 Å². The number of ether oxygens (including phenoxy) is 1. The Morgan fingerprint density at radius 2 is 2.03 bits per heavy atom. The van der Waals surface area contributed by atoms with Crippen molar-refractivity contribution in [2.75, 3.05) is 45.9 Å². The molecular formula is C23H38N4O3. The van der Waals surface area contributed by atoms with E-state index in [0.717, 1.165) is 26.1 Å². The third kappa shape index (κ3) is 9.13. The van der Waals surface area contributed by atoms with Gasteiger partial charge in [0.25, 0.3) is 0 Å². The van der Waals surface area contributed by atoms with Crippen molar-refractivity contribution >= 4 is 11.9 Å². The molecule has 3 N–H and O–H groups in total. The summed E-state index contributed by atoms with van der Waals surface area (Å²) in [5.41, 5.74) is 1.25. The van der Waals surface area contributed by atoms with E-state index in [9.17, 15) is 9.90 Å². The molecule has 0 radical (unpaired) electrons. The van der Waals surface area contributed by atoms with Crippen molar-refractivity contribution in [1.82, 2.24) is 15.5 Å². The van der Waals surface area contributed by atoms with Crippen molar-refractivity contribution in [3.05, 3.63) is 35.9 Å². The Hall–Kier alpha value is -2.12. The molecule has 2 unspecified atom stereocenters. The van der Waals surface area contributed by atoms with Crippen molar-refractivity contribution < 1.29 is 14.6 Å². The molecule has 1 aromatic rings. The largest absolute Gasteiger partial charge is 0.389 e. The number of hydrogen-bond donors (Lipinski definition) is 3. The van der Waals surface area contributed by atoms with E-state index in [1.54, 1.807) is 0 Å². The minimum absolute atomic E-state index is 0.220. The summed E-state index contributed by atoms with van der Waals surface area (Å²) in [5, 5.41) is 16.6. The van der Waals surface area contributed by atoms with E-state index in [1.165, 1.54) is 5.56 Å². The van der Waals surface area contributed by atoms with Crippen molar-refractivity contribution in [1.29, 1.82) is 0 Å². The fourth-order valence-electron chi connectivity index (χ4n) is 3.39. The van der Waals surface area contributed by atoms with Gasteiger partial charge in [0.2, 0.25) is 5.91 Å². The smallest absolute Gasteiger partial charge is 0.223 e. The number of aliphatic hydroxyl groups excluding tert-OH is 1. The highest BCUT2D eigenvalue weighted by atomic mass is 16.5. The molecule has 1 saturated heterocycles. The molecule has 0 spiro atoms. The van der Waals surface area contributed by atoms with Gasteiger partial charge in [-0.15, -0.1) is 0 Å². The summed E-state index contributed by atoms with van der Waals surface area (Å²) in [7, 11) is 0. The number of aliphatic hydroxyl groups is 1. The number of carbonyl (C=O) groups excluding carboxylic acids is 1. The van der Waals surface area contributed by atoms with Crippen LogP contribution in [0.1, 0.15) is 32.8 Å². The molecule has 0 bridgehead atoms. The number of rotatable bonds is 12. The van der Waals surface area contributed by atoms with Crippen LogP contribution in [0.4, 0.5) is 0 Å². The van der Waals surface area contributed by atoms with Gasteiger partial charge < -0.3 is 25.4 Å². The normalized spacial score (nSPS) is 18.2. The Bertz CT molecular complexity index is 651. The lowest BCUT2D eigenvalue weighted by atomic mass is 10.1. The van der Waals surface area contributed by atoms with Gasteiger partial charge in [-0.05, 0) is 24.8 Å². The molecule has 0 saturated carbocycles. The lowest BCUT2D eigenvalue weighted by molar-refractivity contribution is -0.127. The zero-order valence-corrected chi connectivity index (χ0v) is 18.6. The summed E-state index contributed by atoms with van der Waals surface area (Å²) in [6.07, 6.45) is 0.821. The van der Waals surface area contributed by atoms with Crippen LogP contribution in [-0.2, 0) is 16.0 Å². The van der Waals surface area contributed by atoms with Gasteiger partial charge in [0.15, 0.2) is 5.96 Å². The van der Waals surface area contributed by atoms with E-state index in [4.69, 9.17) is 4.74 Å². The highest BCUT2D eigenvalue weighted by Crippen LogP contribution is 2.17. The fourth-order valence-corrected chi connectivity index (χ4v) is 3.39. The van der Waals surface area contributed by atoms with Crippen LogP contribution in [0.3, 0.4) is 0 Å². The zero-order chi connectivity index (χ0) is 21.8. The molecule has 0 aliphatic carbocycles. The van der Waals surface area contributed by atoms with Crippen LogP contribution < -0.4 is 10.6 Å². The molecule has 1 aliphatic rings. The maximum Gasteiger partial charge on any atom is 0.223 e. The third-order valence-electron chi connectivity index (χ3n) is 4.93. The monoisotopic (exact) mass is 418 g/mol. The van der Waals surface area contributed by atoms with Crippen LogP contribution in [0.25, 0.3) is 0 Å². The quantitative estimate of drug-likeness (QED) is 0.355. The van der Waals surface area contributed by atoms with Crippen molar-refractivity contribution in [3.63, 3.8) is 0 Å². The molecule has 1 fully saturated rings. The summed E-state index contributed by atoms with van der Waals surface area (Å²) >= 11 is 0. The van der Waals surface area contributed by atoms with E-state index < -0.39 is 6.10 Å². The Balaban J connectivity index is 1.73. The second kappa shape index (κ2) is 13.2. The van der Waals surface area contributed by atoms with Crippen molar-refractivity contribution in [2.45, 2.75) is 39.7 Å². The number of aliphatic imine (C=N–C) groups is 1. The van der Waals surface area contributed by atoms with Gasteiger partial charge in [0, 0.05) is 45.1 Å². The average molecular weight is 419 g/mol. The van der Waals surface area contributed by atoms with Gasteiger partial charge in [0.05, 0.1) is 19.3 Å². The number of benzene rings is 1. The molecule has 2 rings (SSSR count). The topological polar surface area (TPSA) is 86.2 Å². The Morgan fingerprint density at radius 1 is 1.27 bits per heavy atom. The number of carbonyl (C=O) groups is 1. The summed E-state index contributed by atoms with van der Waals surface area (Å²) in [5.74, 6) is 1.59. The van der Waals surface area contributed by atoms with E-state index in [-0.39, 0.29) is 25.0 Å². The molecule has 1 amide bonds. The van der Waals surface area contributed by atoms with E-state index in [1.807, 2.05) is 30.0 Å². The predicted molar refractivity (Wildman–Crippen MR) is 120 cm³/mol. The molecule has 1 aliphatic heterocycles. The summed E-state index contributed by atoms with van der Waals surface area (Å²) < 4.78 is 5.47. The molecule has 0 aromatic heterocycles. The number of nitrogens with zero attached hydrogens (tertiary/aromatic N) is 2. The average Bonchev–Trinajstić information content (AvgIpc) is 3.08. The van der Waals surface area contributed by atoms with Gasteiger partial charge in [-0.25, -0.2) is 0 Å². The third-order valence-corrected chi connectivity index (χ3v) is 4.93. The number of amides is 1. The fraction of sp³-hybridized carbons (Fsp3) is 0.652. The maximum atomic E-state index is 12.3. The Morgan fingerprint density at radius 3 is 2.73 bits per heavy atom. The SMILES string of the molecule is CCNC(=NCC(O)COCC(C)C)NCC1CC(=O)N(CCc2ccccc2)C1. The molecule has 168 valence electrons. The van der Waals surface area contributed by atoms with Gasteiger partial charge in [-0.1, -0.05) is 44.2 Å². The first-order valence-corrected chi connectivity index (χ1v) is 11.1. The van der Waals surface area contributed by atoms with E-state index >= 15 is 0 Å². The van der Waals surface area contributed by atoms with Gasteiger partial charge in [-0.3, -0.25) is 9.79 Å².